The first-order valence-electron chi connectivity index (χ1n) is 7.61. The summed E-state index contributed by atoms with van der Waals surface area (Å²) in [7, 11) is 0. The average molecular weight is 304 g/mol. The largest absolute Gasteiger partial charge is 0.370 e. The Labute approximate surface area is 131 Å². The first kappa shape index (κ1) is 15.8. The van der Waals surface area contributed by atoms with Crippen LogP contribution in [0.1, 0.15) is 43.0 Å². The molecule has 2 aromatic rings. The predicted molar refractivity (Wildman–Crippen MR) is 91.2 cm³/mol. The van der Waals surface area contributed by atoms with E-state index in [-0.39, 0.29) is 0 Å². The van der Waals surface area contributed by atoms with Gasteiger partial charge in [0, 0.05) is 23.9 Å². The third-order valence-electron chi connectivity index (χ3n) is 3.20. The van der Waals surface area contributed by atoms with Crippen molar-refractivity contribution >= 4 is 23.0 Å². The summed E-state index contributed by atoms with van der Waals surface area (Å²) in [5.74, 6) is 2.73. The first-order valence-corrected chi connectivity index (χ1v) is 8.49. The fourth-order valence-corrected chi connectivity index (χ4v) is 2.87. The molecule has 0 spiro atoms. The summed E-state index contributed by atoms with van der Waals surface area (Å²) in [5, 5.41) is 8.90. The van der Waals surface area contributed by atoms with Gasteiger partial charge in [-0.1, -0.05) is 13.8 Å². The molecule has 2 aromatic heterocycles. The van der Waals surface area contributed by atoms with Gasteiger partial charge < -0.3 is 10.6 Å². The summed E-state index contributed by atoms with van der Waals surface area (Å²) in [6.07, 6.45) is 3.05. The highest BCUT2D eigenvalue weighted by Crippen LogP contribution is 2.18. The molecule has 0 atom stereocenters. The third kappa shape index (κ3) is 4.70. The Kier molecular flexibility index (Phi) is 5.99. The standard InChI is InChI=1S/C16H24N4S/c1-4-6-14-19-15(17-8-5-2)10-16(20-14)18-11-13-12(3)7-9-21-13/h7,9-10H,4-6,8,11H2,1-3H3,(H2,17,18,19,20). The molecule has 4 nitrogen and oxygen atoms in total. The highest BCUT2D eigenvalue weighted by atomic mass is 32.1. The molecule has 0 saturated heterocycles. The van der Waals surface area contributed by atoms with Gasteiger partial charge in [-0.3, -0.25) is 0 Å². The van der Waals surface area contributed by atoms with E-state index in [1.54, 1.807) is 11.3 Å². The van der Waals surface area contributed by atoms with Crippen LogP contribution in [0.5, 0.6) is 0 Å². The van der Waals surface area contributed by atoms with Crippen molar-refractivity contribution in [1.29, 1.82) is 0 Å². The maximum absolute atomic E-state index is 4.60. The topological polar surface area (TPSA) is 49.8 Å². The Bertz CT molecular complexity index is 565. The zero-order valence-electron chi connectivity index (χ0n) is 13.1. The molecule has 21 heavy (non-hydrogen) atoms. The summed E-state index contributed by atoms with van der Waals surface area (Å²) in [6.45, 7) is 8.20. The Balaban J connectivity index is 2.09. The van der Waals surface area contributed by atoms with E-state index in [4.69, 9.17) is 0 Å². The second-order valence-corrected chi connectivity index (χ2v) is 6.11. The van der Waals surface area contributed by atoms with Crippen molar-refractivity contribution in [3.8, 4) is 0 Å². The molecule has 0 aliphatic carbocycles. The molecule has 0 bridgehead atoms. The Morgan fingerprint density at radius 1 is 1.10 bits per heavy atom. The maximum Gasteiger partial charge on any atom is 0.133 e. The van der Waals surface area contributed by atoms with E-state index in [0.717, 1.165) is 49.8 Å². The molecule has 0 aliphatic rings. The van der Waals surface area contributed by atoms with Crippen LogP contribution < -0.4 is 10.6 Å². The number of aryl methyl sites for hydroxylation is 2. The lowest BCUT2D eigenvalue weighted by Crippen LogP contribution is -2.08. The van der Waals surface area contributed by atoms with Gasteiger partial charge >= 0.3 is 0 Å². The lowest BCUT2D eigenvalue weighted by atomic mass is 10.3. The molecule has 0 fully saturated rings. The van der Waals surface area contributed by atoms with E-state index in [0.29, 0.717) is 0 Å². The van der Waals surface area contributed by atoms with Crippen molar-refractivity contribution in [2.45, 2.75) is 46.6 Å². The lowest BCUT2D eigenvalue weighted by molar-refractivity contribution is 0.831. The predicted octanol–water partition coefficient (Wildman–Crippen LogP) is 4.23. The van der Waals surface area contributed by atoms with E-state index < -0.39 is 0 Å². The van der Waals surface area contributed by atoms with E-state index in [1.165, 1.54) is 10.4 Å². The number of thiophene rings is 1. The number of hydrogen-bond donors (Lipinski definition) is 2. The number of rotatable bonds is 8. The van der Waals surface area contributed by atoms with Crippen LogP contribution in [0, 0.1) is 6.92 Å². The zero-order chi connectivity index (χ0) is 15.1. The van der Waals surface area contributed by atoms with Crippen LogP contribution in [0.2, 0.25) is 0 Å². The Morgan fingerprint density at radius 2 is 1.86 bits per heavy atom. The normalized spacial score (nSPS) is 10.6. The molecular formula is C16H24N4S. The van der Waals surface area contributed by atoms with Gasteiger partial charge in [0.15, 0.2) is 0 Å². The minimum atomic E-state index is 0.819. The number of nitrogens with one attached hydrogen (secondary N) is 2. The van der Waals surface area contributed by atoms with Crippen molar-refractivity contribution in [1.82, 2.24) is 9.97 Å². The zero-order valence-corrected chi connectivity index (χ0v) is 13.9. The minimum Gasteiger partial charge on any atom is -0.370 e. The van der Waals surface area contributed by atoms with Crippen molar-refractivity contribution < 1.29 is 0 Å². The Hall–Kier alpha value is -1.62. The highest BCUT2D eigenvalue weighted by molar-refractivity contribution is 7.10. The second kappa shape index (κ2) is 7.98. The Morgan fingerprint density at radius 3 is 2.48 bits per heavy atom. The number of aromatic nitrogens is 2. The molecule has 0 saturated carbocycles. The SMILES string of the molecule is CCCNc1cc(NCc2sccc2C)nc(CCC)n1. The molecule has 0 aliphatic heterocycles. The molecule has 2 rings (SSSR count). The molecule has 0 aromatic carbocycles. The van der Waals surface area contributed by atoms with Crippen molar-refractivity contribution in [3.05, 3.63) is 33.8 Å². The van der Waals surface area contributed by atoms with Crippen LogP contribution >= 0.6 is 11.3 Å². The monoisotopic (exact) mass is 304 g/mol. The molecule has 0 amide bonds. The van der Waals surface area contributed by atoms with Gasteiger partial charge in [0.05, 0.1) is 6.54 Å². The third-order valence-corrected chi connectivity index (χ3v) is 4.22. The fraction of sp³-hybridized carbons (Fsp3) is 0.500. The van der Waals surface area contributed by atoms with Gasteiger partial charge in [-0.2, -0.15) is 0 Å². The lowest BCUT2D eigenvalue weighted by Gasteiger charge is -2.10. The van der Waals surface area contributed by atoms with Crippen LogP contribution in [0.4, 0.5) is 11.6 Å². The van der Waals surface area contributed by atoms with E-state index in [9.17, 15) is 0 Å². The molecule has 0 unspecified atom stereocenters. The van der Waals surface area contributed by atoms with Crippen LogP contribution in [-0.2, 0) is 13.0 Å². The van der Waals surface area contributed by atoms with Crippen LogP contribution in [-0.4, -0.2) is 16.5 Å². The summed E-state index contributed by atoms with van der Waals surface area (Å²) in [4.78, 5) is 10.5. The van der Waals surface area contributed by atoms with Crippen molar-refractivity contribution in [3.63, 3.8) is 0 Å². The van der Waals surface area contributed by atoms with E-state index in [1.807, 2.05) is 6.07 Å². The maximum atomic E-state index is 4.60. The molecule has 2 N–H and O–H groups in total. The van der Waals surface area contributed by atoms with Gasteiger partial charge in [0.2, 0.25) is 0 Å². The molecular weight excluding hydrogens is 280 g/mol. The van der Waals surface area contributed by atoms with Gasteiger partial charge in [0.25, 0.3) is 0 Å². The number of hydrogen-bond acceptors (Lipinski definition) is 5. The van der Waals surface area contributed by atoms with E-state index in [2.05, 4.69) is 52.8 Å². The quantitative estimate of drug-likeness (QED) is 0.766. The van der Waals surface area contributed by atoms with Gasteiger partial charge in [-0.25, -0.2) is 9.97 Å². The smallest absolute Gasteiger partial charge is 0.133 e. The summed E-state index contributed by atoms with van der Waals surface area (Å²) >= 11 is 1.78. The molecule has 2 heterocycles. The van der Waals surface area contributed by atoms with Crippen LogP contribution in [0.3, 0.4) is 0 Å². The minimum absolute atomic E-state index is 0.819. The van der Waals surface area contributed by atoms with Crippen molar-refractivity contribution in [2.24, 2.45) is 0 Å². The number of anilines is 2. The van der Waals surface area contributed by atoms with Crippen molar-refractivity contribution in [2.75, 3.05) is 17.2 Å². The van der Waals surface area contributed by atoms with Gasteiger partial charge in [-0.05, 0) is 36.8 Å². The van der Waals surface area contributed by atoms with Crippen LogP contribution in [0.15, 0.2) is 17.5 Å². The molecule has 114 valence electrons. The molecule has 5 heteroatoms. The highest BCUT2D eigenvalue weighted by Gasteiger charge is 2.05. The summed E-state index contributed by atoms with van der Waals surface area (Å²) in [5.41, 5.74) is 1.33. The first-order chi connectivity index (χ1) is 10.2. The fourth-order valence-electron chi connectivity index (χ4n) is 2.02. The second-order valence-electron chi connectivity index (χ2n) is 5.11. The van der Waals surface area contributed by atoms with Gasteiger partial charge in [-0.15, -0.1) is 11.3 Å². The summed E-state index contributed by atoms with van der Waals surface area (Å²) in [6, 6.07) is 4.15. The average Bonchev–Trinajstić information content (AvgIpc) is 2.88. The van der Waals surface area contributed by atoms with Gasteiger partial charge in [0.1, 0.15) is 17.5 Å². The summed E-state index contributed by atoms with van der Waals surface area (Å²) < 4.78 is 0. The number of nitrogens with zero attached hydrogens (tertiary/aromatic N) is 2. The van der Waals surface area contributed by atoms with Crippen LogP contribution in [0.25, 0.3) is 0 Å². The molecule has 0 radical (unpaired) electrons. The van der Waals surface area contributed by atoms with E-state index >= 15 is 0 Å².